The second-order valence-corrected chi connectivity index (χ2v) is 4.23. The highest BCUT2D eigenvalue weighted by molar-refractivity contribution is 5.89. The van der Waals surface area contributed by atoms with Crippen LogP contribution in [0, 0.1) is 17.2 Å². The number of nitrogens with one attached hydrogen (secondary N) is 1. The molecule has 1 aromatic rings. The summed E-state index contributed by atoms with van der Waals surface area (Å²) >= 11 is 0. The van der Waals surface area contributed by atoms with Gasteiger partial charge >= 0.3 is 6.03 Å². The maximum Gasteiger partial charge on any atom is 0.321 e. The zero-order valence-corrected chi connectivity index (χ0v) is 11.5. The standard InChI is InChI=1S/C14H19N3O2/c1-4-17(10-11(2)9-15)14(18)16-12-5-7-13(19-3)8-6-12/h5-8,11H,4,10H2,1-3H3,(H,16,18). The minimum Gasteiger partial charge on any atom is -0.497 e. The van der Waals surface area contributed by atoms with Gasteiger partial charge in [0.15, 0.2) is 0 Å². The highest BCUT2D eigenvalue weighted by Crippen LogP contribution is 2.15. The predicted molar refractivity (Wildman–Crippen MR) is 74.0 cm³/mol. The van der Waals surface area contributed by atoms with E-state index in [-0.39, 0.29) is 11.9 Å². The van der Waals surface area contributed by atoms with Gasteiger partial charge in [-0.15, -0.1) is 0 Å². The third-order valence-corrected chi connectivity index (χ3v) is 2.72. The molecule has 0 spiro atoms. The van der Waals surface area contributed by atoms with Crippen molar-refractivity contribution in [2.24, 2.45) is 5.92 Å². The van der Waals surface area contributed by atoms with Crippen molar-refractivity contribution < 1.29 is 9.53 Å². The lowest BCUT2D eigenvalue weighted by Gasteiger charge is -2.22. The van der Waals surface area contributed by atoms with Crippen LogP contribution in [0.4, 0.5) is 10.5 Å². The smallest absolute Gasteiger partial charge is 0.321 e. The molecule has 0 saturated heterocycles. The van der Waals surface area contributed by atoms with Crippen LogP contribution in [-0.2, 0) is 0 Å². The molecule has 0 fully saturated rings. The van der Waals surface area contributed by atoms with Crippen LogP contribution < -0.4 is 10.1 Å². The molecule has 0 saturated carbocycles. The monoisotopic (exact) mass is 261 g/mol. The molecule has 0 radical (unpaired) electrons. The number of rotatable bonds is 5. The van der Waals surface area contributed by atoms with E-state index in [9.17, 15) is 4.79 Å². The summed E-state index contributed by atoms with van der Waals surface area (Å²) in [5.74, 6) is 0.560. The maximum atomic E-state index is 12.0. The van der Waals surface area contributed by atoms with Crippen molar-refractivity contribution in [3.8, 4) is 11.8 Å². The van der Waals surface area contributed by atoms with E-state index in [0.29, 0.717) is 18.8 Å². The van der Waals surface area contributed by atoms with Crippen LogP contribution in [0.2, 0.25) is 0 Å². The first kappa shape index (κ1) is 14.8. The predicted octanol–water partition coefficient (Wildman–Crippen LogP) is 2.71. The molecule has 2 amide bonds. The van der Waals surface area contributed by atoms with Crippen LogP contribution in [0.15, 0.2) is 24.3 Å². The van der Waals surface area contributed by atoms with Gasteiger partial charge in [0.1, 0.15) is 5.75 Å². The average Bonchev–Trinajstić information content (AvgIpc) is 2.45. The van der Waals surface area contributed by atoms with Gasteiger partial charge in [0.25, 0.3) is 0 Å². The fourth-order valence-electron chi connectivity index (χ4n) is 1.60. The van der Waals surface area contributed by atoms with Crippen molar-refractivity contribution in [2.75, 3.05) is 25.5 Å². The number of nitriles is 1. The number of benzene rings is 1. The van der Waals surface area contributed by atoms with Crippen molar-refractivity contribution in [1.82, 2.24) is 4.90 Å². The second kappa shape index (κ2) is 7.27. The van der Waals surface area contributed by atoms with E-state index in [1.165, 1.54) is 0 Å². The summed E-state index contributed by atoms with van der Waals surface area (Å²) in [6, 6.07) is 9.04. The number of anilines is 1. The normalized spacial score (nSPS) is 11.3. The fraction of sp³-hybridized carbons (Fsp3) is 0.429. The number of methoxy groups -OCH3 is 1. The Balaban J connectivity index is 2.63. The van der Waals surface area contributed by atoms with Crippen LogP contribution in [0.5, 0.6) is 5.75 Å². The molecule has 1 N–H and O–H groups in total. The molecule has 0 heterocycles. The molecular formula is C14H19N3O2. The Labute approximate surface area is 113 Å². The van der Waals surface area contributed by atoms with E-state index in [0.717, 1.165) is 5.75 Å². The Kier molecular flexibility index (Phi) is 5.68. The molecule has 5 nitrogen and oxygen atoms in total. The fourth-order valence-corrected chi connectivity index (χ4v) is 1.60. The van der Waals surface area contributed by atoms with Crippen LogP contribution in [-0.4, -0.2) is 31.1 Å². The largest absolute Gasteiger partial charge is 0.497 e. The molecule has 5 heteroatoms. The molecule has 0 aliphatic rings. The average molecular weight is 261 g/mol. The van der Waals surface area contributed by atoms with Gasteiger partial charge in [-0.3, -0.25) is 0 Å². The molecule has 1 aromatic carbocycles. The molecule has 1 rings (SSSR count). The number of amides is 2. The van der Waals surface area contributed by atoms with Crippen molar-refractivity contribution in [3.63, 3.8) is 0 Å². The number of carbonyl (C=O) groups excluding carboxylic acids is 1. The third kappa shape index (κ3) is 4.51. The number of hydrogen-bond acceptors (Lipinski definition) is 3. The van der Waals surface area contributed by atoms with Crippen molar-refractivity contribution >= 4 is 11.7 Å². The molecule has 0 aliphatic carbocycles. The van der Waals surface area contributed by atoms with E-state index in [4.69, 9.17) is 10.00 Å². The molecule has 1 unspecified atom stereocenters. The van der Waals surface area contributed by atoms with E-state index in [1.807, 2.05) is 6.92 Å². The summed E-state index contributed by atoms with van der Waals surface area (Å²) in [6.45, 7) is 4.67. The lowest BCUT2D eigenvalue weighted by Crippen LogP contribution is -2.37. The van der Waals surface area contributed by atoms with Crippen molar-refractivity contribution in [1.29, 1.82) is 5.26 Å². The van der Waals surface area contributed by atoms with E-state index in [1.54, 1.807) is 43.2 Å². The van der Waals surface area contributed by atoms with Crippen LogP contribution in [0.3, 0.4) is 0 Å². The summed E-state index contributed by atoms with van der Waals surface area (Å²) in [4.78, 5) is 13.6. The molecule has 0 aromatic heterocycles. The summed E-state index contributed by atoms with van der Waals surface area (Å²) < 4.78 is 5.05. The highest BCUT2D eigenvalue weighted by atomic mass is 16.5. The lowest BCUT2D eigenvalue weighted by molar-refractivity contribution is 0.210. The van der Waals surface area contributed by atoms with E-state index >= 15 is 0 Å². The molecule has 0 bridgehead atoms. The Bertz CT molecular complexity index is 451. The van der Waals surface area contributed by atoms with Crippen LogP contribution in [0.1, 0.15) is 13.8 Å². The Morgan fingerprint density at radius 2 is 2.11 bits per heavy atom. The topological polar surface area (TPSA) is 65.4 Å². The van der Waals surface area contributed by atoms with Gasteiger partial charge in [-0.2, -0.15) is 5.26 Å². The Morgan fingerprint density at radius 3 is 2.58 bits per heavy atom. The summed E-state index contributed by atoms with van der Waals surface area (Å²) in [6.07, 6.45) is 0. The minimum absolute atomic E-state index is 0.179. The Morgan fingerprint density at radius 1 is 1.47 bits per heavy atom. The summed E-state index contributed by atoms with van der Waals surface area (Å²) in [7, 11) is 1.59. The molecule has 19 heavy (non-hydrogen) atoms. The zero-order valence-electron chi connectivity index (χ0n) is 11.5. The van der Waals surface area contributed by atoms with Crippen LogP contribution >= 0.6 is 0 Å². The first-order chi connectivity index (χ1) is 9.10. The molecule has 1 atom stereocenters. The SMILES string of the molecule is CCN(CC(C)C#N)C(=O)Nc1ccc(OC)cc1. The number of carbonyl (C=O) groups is 1. The lowest BCUT2D eigenvalue weighted by atomic mass is 10.2. The van der Waals surface area contributed by atoms with Gasteiger partial charge in [-0.25, -0.2) is 4.79 Å². The quantitative estimate of drug-likeness (QED) is 0.886. The maximum absolute atomic E-state index is 12.0. The van der Waals surface area contributed by atoms with Gasteiger partial charge in [0.05, 0.1) is 19.1 Å². The summed E-state index contributed by atoms with van der Waals surface area (Å²) in [5.41, 5.74) is 0.703. The number of ether oxygens (including phenoxy) is 1. The van der Waals surface area contributed by atoms with Gasteiger partial charge in [-0.05, 0) is 38.1 Å². The minimum atomic E-state index is -0.199. The van der Waals surface area contributed by atoms with Crippen molar-refractivity contribution in [2.45, 2.75) is 13.8 Å². The van der Waals surface area contributed by atoms with E-state index in [2.05, 4.69) is 11.4 Å². The summed E-state index contributed by atoms with van der Waals surface area (Å²) in [5, 5.41) is 11.6. The molecule has 0 aliphatic heterocycles. The van der Waals surface area contributed by atoms with Gasteiger partial charge in [0.2, 0.25) is 0 Å². The highest BCUT2D eigenvalue weighted by Gasteiger charge is 2.14. The van der Waals surface area contributed by atoms with Gasteiger partial charge < -0.3 is 15.0 Å². The zero-order chi connectivity index (χ0) is 14.3. The van der Waals surface area contributed by atoms with E-state index < -0.39 is 0 Å². The molecular weight excluding hydrogens is 242 g/mol. The number of urea groups is 1. The number of hydrogen-bond donors (Lipinski definition) is 1. The van der Waals surface area contributed by atoms with Gasteiger partial charge in [-0.1, -0.05) is 0 Å². The third-order valence-electron chi connectivity index (χ3n) is 2.72. The number of nitrogens with zero attached hydrogens (tertiary/aromatic N) is 2. The second-order valence-electron chi connectivity index (χ2n) is 4.23. The first-order valence-corrected chi connectivity index (χ1v) is 6.20. The van der Waals surface area contributed by atoms with Crippen LogP contribution in [0.25, 0.3) is 0 Å². The molecule has 102 valence electrons. The van der Waals surface area contributed by atoms with Crippen molar-refractivity contribution in [3.05, 3.63) is 24.3 Å². The van der Waals surface area contributed by atoms with Gasteiger partial charge in [0, 0.05) is 18.8 Å². The Hall–Kier alpha value is -2.22. The first-order valence-electron chi connectivity index (χ1n) is 6.20.